The van der Waals surface area contributed by atoms with Crippen molar-refractivity contribution < 1.29 is 80.2 Å². The highest BCUT2D eigenvalue weighted by Crippen LogP contribution is 2.45. The first-order valence-corrected chi connectivity index (χ1v) is 45.0. The minimum atomic E-state index is -4.96. The first-order chi connectivity index (χ1) is 48.4. The third-order valence-electron chi connectivity index (χ3n) is 19.3. The zero-order valence-corrected chi connectivity index (χ0v) is 67.3. The number of carbonyl (C=O) groups excluding carboxylic acids is 4. The fraction of sp³-hybridized carbons (Fsp3) is 0.951. The number of rotatable bonds is 80. The number of esters is 4. The number of aliphatic hydroxyl groups excluding tert-OH is 1. The van der Waals surface area contributed by atoms with Crippen LogP contribution in [0.4, 0.5) is 0 Å². The van der Waals surface area contributed by atoms with E-state index in [1.165, 1.54) is 244 Å². The Morgan fingerprint density at radius 1 is 0.290 bits per heavy atom. The summed E-state index contributed by atoms with van der Waals surface area (Å²) in [5.41, 5.74) is 0. The zero-order chi connectivity index (χ0) is 73.5. The van der Waals surface area contributed by atoms with Gasteiger partial charge in [0.15, 0.2) is 12.2 Å². The lowest BCUT2D eigenvalue weighted by Gasteiger charge is -2.21. The normalized spacial score (nSPS) is 14.2. The number of carbonyl (C=O) groups is 4. The maximum Gasteiger partial charge on any atom is 0.472 e. The van der Waals surface area contributed by atoms with E-state index in [0.717, 1.165) is 102 Å². The van der Waals surface area contributed by atoms with Gasteiger partial charge in [0, 0.05) is 25.7 Å². The van der Waals surface area contributed by atoms with E-state index in [0.29, 0.717) is 25.7 Å². The van der Waals surface area contributed by atoms with E-state index in [-0.39, 0.29) is 25.7 Å². The van der Waals surface area contributed by atoms with Crippen LogP contribution in [0.2, 0.25) is 0 Å². The summed E-state index contributed by atoms with van der Waals surface area (Å²) >= 11 is 0. The molecule has 19 heteroatoms. The van der Waals surface area contributed by atoms with E-state index in [1.54, 1.807) is 0 Å². The van der Waals surface area contributed by atoms with Gasteiger partial charge in [-0.2, -0.15) is 0 Å². The van der Waals surface area contributed by atoms with Crippen LogP contribution < -0.4 is 0 Å². The first kappa shape index (κ1) is 98.1. The summed E-state index contributed by atoms with van der Waals surface area (Å²) in [5.74, 6) is -0.565. The van der Waals surface area contributed by atoms with Crippen LogP contribution in [0.5, 0.6) is 0 Å². The van der Waals surface area contributed by atoms with Crippen LogP contribution >= 0.6 is 15.6 Å². The molecule has 0 aromatic heterocycles. The predicted molar refractivity (Wildman–Crippen MR) is 409 cm³/mol. The highest BCUT2D eigenvalue weighted by atomic mass is 31.2. The van der Waals surface area contributed by atoms with Crippen molar-refractivity contribution in [1.82, 2.24) is 0 Å². The van der Waals surface area contributed by atoms with Crippen LogP contribution in [0.25, 0.3) is 0 Å². The van der Waals surface area contributed by atoms with Gasteiger partial charge in [0.05, 0.1) is 26.4 Å². The van der Waals surface area contributed by atoms with E-state index < -0.39 is 97.5 Å². The zero-order valence-electron chi connectivity index (χ0n) is 65.5. The molecule has 0 saturated carbocycles. The van der Waals surface area contributed by atoms with Gasteiger partial charge in [-0.3, -0.25) is 37.3 Å². The molecule has 0 aromatic rings. The van der Waals surface area contributed by atoms with E-state index in [9.17, 15) is 43.2 Å². The average Bonchev–Trinajstić information content (AvgIpc) is 0.936. The van der Waals surface area contributed by atoms with Gasteiger partial charge in [-0.25, -0.2) is 9.13 Å². The molecule has 0 rings (SSSR count). The van der Waals surface area contributed by atoms with Crippen LogP contribution in [-0.4, -0.2) is 96.7 Å². The lowest BCUT2D eigenvalue weighted by atomic mass is 9.99. The SMILES string of the molecule is CCCCCCCCCCCCCCCCCCCCC(=O)O[C@H](COC(=O)CCCCCCCCCCCCCCCCCC)COP(=O)(O)OC[C@@H](O)COP(=O)(O)OC[C@@H](COC(=O)CCCCCCCCCCC(C)CC)OC(=O)CCCCCCCCCCCCCC(C)C. The molecule has 0 heterocycles. The molecule has 3 unspecified atom stereocenters. The maximum absolute atomic E-state index is 13.1. The largest absolute Gasteiger partial charge is 0.472 e. The highest BCUT2D eigenvalue weighted by molar-refractivity contribution is 7.47. The Morgan fingerprint density at radius 3 is 0.760 bits per heavy atom. The van der Waals surface area contributed by atoms with Gasteiger partial charge in [-0.15, -0.1) is 0 Å². The lowest BCUT2D eigenvalue weighted by molar-refractivity contribution is -0.161. The molecule has 0 aliphatic carbocycles. The molecule has 0 saturated heterocycles. The first-order valence-electron chi connectivity index (χ1n) is 42.0. The summed E-state index contributed by atoms with van der Waals surface area (Å²) in [6, 6.07) is 0. The van der Waals surface area contributed by atoms with Gasteiger partial charge < -0.3 is 33.8 Å². The Bertz CT molecular complexity index is 1930. The second-order valence-corrected chi connectivity index (χ2v) is 32.8. The number of hydrogen-bond donors (Lipinski definition) is 3. The van der Waals surface area contributed by atoms with Gasteiger partial charge >= 0.3 is 39.5 Å². The summed E-state index contributed by atoms with van der Waals surface area (Å²) in [6.07, 6.45) is 62.3. The molecule has 0 bridgehead atoms. The Kier molecular flexibility index (Phi) is 71.2. The molecule has 6 atom stereocenters. The Hall–Kier alpha value is -1.94. The van der Waals surface area contributed by atoms with E-state index in [4.69, 9.17) is 37.0 Å². The van der Waals surface area contributed by atoms with Crippen molar-refractivity contribution in [1.29, 1.82) is 0 Å². The van der Waals surface area contributed by atoms with Crippen molar-refractivity contribution in [3.05, 3.63) is 0 Å². The molecular weight excluding hydrogens is 1310 g/mol. The summed E-state index contributed by atoms with van der Waals surface area (Å²) in [7, 11) is -9.92. The smallest absolute Gasteiger partial charge is 0.462 e. The second-order valence-electron chi connectivity index (χ2n) is 29.9. The van der Waals surface area contributed by atoms with Crippen LogP contribution in [0.15, 0.2) is 0 Å². The van der Waals surface area contributed by atoms with Gasteiger partial charge in [-0.05, 0) is 37.5 Å². The van der Waals surface area contributed by atoms with Crippen molar-refractivity contribution in [3.8, 4) is 0 Å². The van der Waals surface area contributed by atoms with E-state index in [1.807, 2.05) is 0 Å². The van der Waals surface area contributed by atoms with Crippen LogP contribution in [0.3, 0.4) is 0 Å². The minimum absolute atomic E-state index is 0.106. The third-order valence-corrected chi connectivity index (χ3v) is 21.2. The fourth-order valence-electron chi connectivity index (χ4n) is 12.5. The molecule has 17 nitrogen and oxygen atoms in total. The van der Waals surface area contributed by atoms with Crippen molar-refractivity contribution in [3.63, 3.8) is 0 Å². The van der Waals surface area contributed by atoms with Gasteiger partial charge in [0.2, 0.25) is 0 Å². The van der Waals surface area contributed by atoms with Crippen molar-refractivity contribution >= 4 is 39.5 Å². The summed E-state index contributed by atoms with van der Waals surface area (Å²) in [4.78, 5) is 73.1. The monoisotopic (exact) mass is 1470 g/mol. The van der Waals surface area contributed by atoms with Crippen LogP contribution in [0, 0.1) is 11.8 Å². The van der Waals surface area contributed by atoms with Crippen LogP contribution in [-0.2, 0) is 65.4 Å². The van der Waals surface area contributed by atoms with Crippen molar-refractivity contribution in [2.24, 2.45) is 11.8 Å². The standard InChI is InChI=1S/C81H158O17P2/c1-7-10-12-14-16-18-20-22-24-26-27-29-31-35-39-47-53-59-65-80(85)97-76(69-91-78(83)63-57-51-45-38-34-30-28-25-23-21-19-17-15-13-11-8-2)71-95-99(87,88)93-67-75(82)68-94-100(89,90)96-72-77(70-92-79(84)64-58-52-46-42-41-44-50-56-62-74(6)9-3)98-81(86)66-60-54-48-40-36-32-33-37-43-49-55-61-73(4)5/h73-77,82H,7-72H2,1-6H3,(H,87,88)(H,89,90)/t74?,75-,76-,77-/m1/s1. The Morgan fingerprint density at radius 2 is 0.510 bits per heavy atom. The molecule has 0 fully saturated rings. The van der Waals surface area contributed by atoms with E-state index in [2.05, 4.69) is 41.5 Å². The van der Waals surface area contributed by atoms with Gasteiger partial charge in [0.1, 0.15) is 19.3 Å². The Labute approximate surface area is 613 Å². The molecule has 0 aromatic carbocycles. The molecule has 0 spiro atoms. The lowest BCUT2D eigenvalue weighted by Crippen LogP contribution is -2.30. The van der Waals surface area contributed by atoms with Crippen LogP contribution in [0.1, 0.15) is 427 Å². The number of phosphoric acid groups is 2. The van der Waals surface area contributed by atoms with Gasteiger partial charge in [-0.1, -0.05) is 375 Å². The molecule has 100 heavy (non-hydrogen) atoms. The average molecular weight is 1470 g/mol. The molecule has 0 amide bonds. The molecule has 594 valence electrons. The highest BCUT2D eigenvalue weighted by Gasteiger charge is 2.30. The van der Waals surface area contributed by atoms with E-state index >= 15 is 0 Å². The number of ether oxygens (including phenoxy) is 4. The summed E-state index contributed by atoms with van der Waals surface area (Å²) < 4.78 is 68.8. The summed E-state index contributed by atoms with van der Waals surface area (Å²) in [5, 5.41) is 10.6. The molecule has 0 radical (unpaired) electrons. The molecule has 0 aliphatic heterocycles. The molecular formula is C81H158O17P2. The third kappa shape index (κ3) is 73.0. The molecule has 3 N–H and O–H groups in total. The predicted octanol–water partition coefficient (Wildman–Crippen LogP) is 24.3. The minimum Gasteiger partial charge on any atom is -0.462 e. The van der Waals surface area contributed by atoms with Gasteiger partial charge in [0.25, 0.3) is 0 Å². The fourth-order valence-corrected chi connectivity index (χ4v) is 14.1. The quantitative estimate of drug-likeness (QED) is 0.0222. The van der Waals surface area contributed by atoms with Crippen molar-refractivity contribution in [2.45, 2.75) is 445 Å². The molecule has 0 aliphatic rings. The number of aliphatic hydroxyl groups is 1. The number of hydrogen-bond acceptors (Lipinski definition) is 15. The summed E-state index contributed by atoms with van der Waals surface area (Å²) in [6.45, 7) is 9.64. The Balaban J connectivity index is 5.27. The number of unbranched alkanes of at least 4 members (excludes halogenated alkanes) is 49. The maximum atomic E-state index is 13.1. The second kappa shape index (κ2) is 72.6. The topological polar surface area (TPSA) is 237 Å². The number of phosphoric ester groups is 2. The van der Waals surface area contributed by atoms with Crippen molar-refractivity contribution in [2.75, 3.05) is 39.6 Å².